The molecule has 6 nitrogen and oxygen atoms in total. The van der Waals surface area contributed by atoms with Crippen molar-refractivity contribution in [1.82, 2.24) is 15.0 Å². The molecule has 1 aliphatic carbocycles. The Balaban J connectivity index is 1.36. The third-order valence-electron chi connectivity index (χ3n) is 6.18. The van der Waals surface area contributed by atoms with Crippen molar-refractivity contribution in [2.75, 3.05) is 36.0 Å². The Bertz CT molecular complexity index is 1090. The van der Waals surface area contributed by atoms with Gasteiger partial charge in [0.15, 0.2) is 5.78 Å². The predicted octanol–water partition coefficient (Wildman–Crippen LogP) is 3.56. The fourth-order valence-electron chi connectivity index (χ4n) is 4.55. The highest BCUT2D eigenvalue weighted by molar-refractivity contribution is 5.99. The molecule has 1 unspecified atom stereocenters. The number of carbonyl (C=O) groups is 1. The molecule has 2 aromatic heterocycles. The van der Waals surface area contributed by atoms with Gasteiger partial charge in [-0.25, -0.2) is 19.3 Å². The topological polar surface area (TPSA) is 62.2 Å². The molecule has 3 aromatic rings. The number of anilines is 2. The van der Waals surface area contributed by atoms with E-state index in [0.717, 1.165) is 48.9 Å². The molecule has 1 atom stereocenters. The molecule has 1 aliphatic heterocycles. The largest absolute Gasteiger partial charge is 0.353 e. The normalized spacial score (nSPS) is 18.8. The molecule has 0 amide bonds. The van der Waals surface area contributed by atoms with Gasteiger partial charge in [-0.3, -0.25) is 4.79 Å². The number of aryl methyl sites for hydroxylation is 1. The number of piperazine rings is 1. The number of fused-ring (bicyclic) bond motifs is 1. The molecule has 5 rings (SSSR count). The summed E-state index contributed by atoms with van der Waals surface area (Å²) < 4.78 is 13.3. The van der Waals surface area contributed by atoms with Crippen LogP contribution in [-0.4, -0.2) is 46.9 Å². The number of carbonyl (C=O) groups excluding carboxylic acids is 1. The van der Waals surface area contributed by atoms with Gasteiger partial charge < -0.3 is 9.80 Å². The van der Waals surface area contributed by atoms with E-state index in [1.165, 1.54) is 12.1 Å². The van der Waals surface area contributed by atoms with Crippen LogP contribution < -0.4 is 9.80 Å². The van der Waals surface area contributed by atoms with Crippen LogP contribution in [0.5, 0.6) is 0 Å². The van der Waals surface area contributed by atoms with Gasteiger partial charge >= 0.3 is 0 Å². The maximum atomic E-state index is 13.3. The standard InChI is InChI=1S/C24H24FN5O/c1-16-23-20(14-18(15-21(23)31)17-5-7-19(25)8-6-17)28-24(27-16)30-12-10-29(11-13-30)22-4-2-3-9-26-22/h2-9,18H,10-15H2,1H3. The van der Waals surface area contributed by atoms with Crippen molar-refractivity contribution in [3.63, 3.8) is 0 Å². The maximum Gasteiger partial charge on any atom is 0.225 e. The number of pyridine rings is 1. The summed E-state index contributed by atoms with van der Waals surface area (Å²) in [5.74, 6) is 1.49. The zero-order valence-corrected chi connectivity index (χ0v) is 17.5. The second-order valence-corrected chi connectivity index (χ2v) is 8.17. The number of ketones is 1. The summed E-state index contributed by atoms with van der Waals surface area (Å²) >= 11 is 0. The number of rotatable bonds is 3. The summed E-state index contributed by atoms with van der Waals surface area (Å²) in [6.45, 7) is 5.17. The van der Waals surface area contributed by atoms with Crippen LogP contribution in [0.1, 0.15) is 39.6 Å². The van der Waals surface area contributed by atoms with Gasteiger partial charge in [0.25, 0.3) is 0 Å². The Kier molecular flexibility index (Phi) is 5.10. The zero-order valence-electron chi connectivity index (χ0n) is 17.5. The SMILES string of the molecule is Cc1nc(N2CCN(c3ccccn3)CC2)nc2c1C(=O)CC(c1ccc(F)cc1)C2. The summed E-state index contributed by atoms with van der Waals surface area (Å²) in [4.78, 5) is 31.2. The van der Waals surface area contributed by atoms with Crippen molar-refractivity contribution in [2.45, 2.75) is 25.7 Å². The van der Waals surface area contributed by atoms with Gasteiger partial charge in [-0.05, 0) is 49.1 Å². The lowest BCUT2D eigenvalue weighted by Gasteiger charge is -2.36. The lowest BCUT2D eigenvalue weighted by Crippen LogP contribution is -2.47. The van der Waals surface area contributed by atoms with Gasteiger partial charge in [-0.15, -0.1) is 0 Å². The number of benzene rings is 1. The second-order valence-electron chi connectivity index (χ2n) is 8.17. The Labute approximate surface area is 180 Å². The minimum absolute atomic E-state index is 0.0174. The van der Waals surface area contributed by atoms with Crippen LogP contribution in [0.25, 0.3) is 0 Å². The Hall–Kier alpha value is -3.35. The van der Waals surface area contributed by atoms with Crippen molar-refractivity contribution in [1.29, 1.82) is 0 Å². The van der Waals surface area contributed by atoms with E-state index in [1.807, 2.05) is 31.3 Å². The molecule has 7 heteroatoms. The highest BCUT2D eigenvalue weighted by Crippen LogP contribution is 2.34. The lowest BCUT2D eigenvalue weighted by atomic mass is 9.81. The summed E-state index contributed by atoms with van der Waals surface area (Å²) in [7, 11) is 0. The molecule has 1 saturated heterocycles. The maximum absolute atomic E-state index is 13.3. The molecule has 0 radical (unpaired) electrons. The van der Waals surface area contributed by atoms with E-state index in [0.29, 0.717) is 24.4 Å². The number of halogens is 1. The molecule has 31 heavy (non-hydrogen) atoms. The van der Waals surface area contributed by atoms with Gasteiger partial charge in [-0.2, -0.15) is 0 Å². The van der Waals surface area contributed by atoms with Crippen molar-refractivity contribution >= 4 is 17.5 Å². The first-order chi connectivity index (χ1) is 15.1. The van der Waals surface area contributed by atoms with Crippen LogP contribution in [0.4, 0.5) is 16.2 Å². The predicted molar refractivity (Wildman–Crippen MR) is 117 cm³/mol. The average Bonchev–Trinajstić information content (AvgIpc) is 2.79. The summed E-state index contributed by atoms with van der Waals surface area (Å²) in [6.07, 6.45) is 2.88. The van der Waals surface area contributed by atoms with E-state index in [4.69, 9.17) is 4.98 Å². The fraction of sp³-hybridized carbons (Fsp3) is 0.333. The summed E-state index contributed by atoms with van der Waals surface area (Å²) in [5, 5.41) is 0. The molecule has 2 aliphatic rings. The van der Waals surface area contributed by atoms with Gasteiger partial charge in [0.05, 0.1) is 17.0 Å². The van der Waals surface area contributed by atoms with Gasteiger partial charge in [0.1, 0.15) is 11.6 Å². The molecule has 1 aromatic carbocycles. The van der Waals surface area contributed by atoms with Gasteiger partial charge in [0, 0.05) is 38.8 Å². The van der Waals surface area contributed by atoms with E-state index in [-0.39, 0.29) is 17.5 Å². The number of hydrogen-bond acceptors (Lipinski definition) is 6. The van der Waals surface area contributed by atoms with Crippen LogP contribution in [0.15, 0.2) is 48.7 Å². The smallest absolute Gasteiger partial charge is 0.225 e. The molecular formula is C24H24FN5O. The first kappa shape index (κ1) is 19.6. The first-order valence-electron chi connectivity index (χ1n) is 10.7. The van der Waals surface area contributed by atoms with Crippen LogP contribution in [0.3, 0.4) is 0 Å². The highest BCUT2D eigenvalue weighted by Gasteiger charge is 2.31. The molecule has 0 saturated carbocycles. The highest BCUT2D eigenvalue weighted by atomic mass is 19.1. The first-order valence-corrected chi connectivity index (χ1v) is 10.7. The third-order valence-corrected chi connectivity index (χ3v) is 6.18. The minimum Gasteiger partial charge on any atom is -0.353 e. The second kappa shape index (κ2) is 8.06. The van der Waals surface area contributed by atoms with Crippen molar-refractivity contribution in [3.05, 3.63) is 77.0 Å². The van der Waals surface area contributed by atoms with Crippen LogP contribution >= 0.6 is 0 Å². The van der Waals surface area contributed by atoms with Crippen molar-refractivity contribution in [2.24, 2.45) is 0 Å². The molecule has 158 valence electrons. The summed E-state index contributed by atoms with van der Waals surface area (Å²) in [5.41, 5.74) is 3.19. The van der Waals surface area contributed by atoms with E-state index >= 15 is 0 Å². The Morgan fingerprint density at radius 3 is 2.39 bits per heavy atom. The number of Topliss-reactive ketones (excluding diaryl/α,β-unsaturated/α-hetero) is 1. The van der Waals surface area contributed by atoms with Crippen LogP contribution in [0, 0.1) is 12.7 Å². The lowest BCUT2D eigenvalue weighted by molar-refractivity contribution is 0.0962. The molecule has 0 N–H and O–H groups in total. The van der Waals surface area contributed by atoms with E-state index in [1.54, 1.807) is 12.1 Å². The number of aromatic nitrogens is 3. The molecular weight excluding hydrogens is 393 g/mol. The molecule has 0 spiro atoms. The number of hydrogen-bond donors (Lipinski definition) is 0. The Morgan fingerprint density at radius 2 is 1.68 bits per heavy atom. The van der Waals surface area contributed by atoms with Gasteiger partial charge in [-0.1, -0.05) is 18.2 Å². The average molecular weight is 417 g/mol. The zero-order chi connectivity index (χ0) is 21.4. The van der Waals surface area contributed by atoms with Crippen LogP contribution in [0.2, 0.25) is 0 Å². The molecule has 1 fully saturated rings. The van der Waals surface area contributed by atoms with E-state index in [9.17, 15) is 9.18 Å². The van der Waals surface area contributed by atoms with Crippen molar-refractivity contribution in [3.8, 4) is 0 Å². The molecule has 3 heterocycles. The third kappa shape index (κ3) is 3.87. The Morgan fingerprint density at radius 1 is 0.935 bits per heavy atom. The number of nitrogens with zero attached hydrogens (tertiary/aromatic N) is 5. The minimum atomic E-state index is -0.267. The van der Waals surface area contributed by atoms with Crippen molar-refractivity contribution < 1.29 is 9.18 Å². The molecule has 0 bridgehead atoms. The van der Waals surface area contributed by atoms with Crippen LogP contribution in [-0.2, 0) is 6.42 Å². The van der Waals surface area contributed by atoms with E-state index in [2.05, 4.69) is 19.8 Å². The quantitative estimate of drug-likeness (QED) is 0.649. The van der Waals surface area contributed by atoms with E-state index < -0.39 is 0 Å². The fourth-order valence-corrected chi connectivity index (χ4v) is 4.55. The summed E-state index contributed by atoms with van der Waals surface area (Å²) in [6, 6.07) is 12.4. The monoisotopic (exact) mass is 417 g/mol. The van der Waals surface area contributed by atoms with Gasteiger partial charge in [0.2, 0.25) is 5.95 Å².